The third-order valence-electron chi connectivity index (χ3n) is 14.3. The number of allylic oxidation sites excluding steroid dienone is 7. The summed E-state index contributed by atoms with van der Waals surface area (Å²) in [6, 6.07) is -0.923. The van der Waals surface area contributed by atoms with Crippen molar-refractivity contribution in [1.29, 1.82) is 0 Å². The Bertz CT molecular complexity index is 1410. The van der Waals surface area contributed by atoms with Crippen molar-refractivity contribution in [3.05, 3.63) is 48.6 Å². The lowest BCUT2D eigenvalue weighted by atomic mass is 9.97. The van der Waals surface area contributed by atoms with Gasteiger partial charge in [-0.25, -0.2) is 0 Å². The van der Waals surface area contributed by atoms with Gasteiger partial charge < -0.3 is 65.1 Å². The molecule has 0 aliphatic carbocycles. The Morgan fingerprint density at radius 3 is 1.38 bits per heavy atom. The van der Waals surface area contributed by atoms with E-state index in [0.717, 1.165) is 70.6 Å². The van der Waals surface area contributed by atoms with E-state index >= 15 is 0 Å². The molecular formula is C59H107NO13. The number of hydrogen-bond acceptors (Lipinski definition) is 13. The quantitative estimate of drug-likeness (QED) is 0.0205. The number of carbonyl (C=O) groups is 1. The predicted molar refractivity (Wildman–Crippen MR) is 291 cm³/mol. The van der Waals surface area contributed by atoms with Gasteiger partial charge in [-0.3, -0.25) is 4.79 Å². The maximum absolute atomic E-state index is 13.2. The summed E-state index contributed by atoms with van der Waals surface area (Å²) in [5, 5.41) is 87.1. The molecule has 73 heavy (non-hydrogen) atoms. The van der Waals surface area contributed by atoms with Crippen LogP contribution >= 0.6 is 0 Å². The minimum absolute atomic E-state index is 0.252. The Labute approximate surface area is 442 Å². The van der Waals surface area contributed by atoms with E-state index in [1.165, 1.54) is 128 Å². The second kappa shape index (κ2) is 45.0. The molecule has 2 aliphatic heterocycles. The molecule has 1 amide bonds. The summed E-state index contributed by atoms with van der Waals surface area (Å²) in [5.41, 5.74) is 0. The summed E-state index contributed by atoms with van der Waals surface area (Å²) in [7, 11) is 0. The minimum Gasteiger partial charge on any atom is -0.394 e. The predicted octanol–water partition coefficient (Wildman–Crippen LogP) is 9.61. The average molecular weight is 1040 g/mol. The molecule has 2 saturated heterocycles. The third kappa shape index (κ3) is 31.1. The first-order valence-electron chi connectivity index (χ1n) is 29.4. The topological polar surface area (TPSA) is 228 Å². The molecular weight excluding hydrogens is 931 g/mol. The number of aliphatic hydroxyl groups is 8. The van der Waals surface area contributed by atoms with Crippen LogP contribution in [-0.4, -0.2) is 140 Å². The Kier molecular flexibility index (Phi) is 41.4. The van der Waals surface area contributed by atoms with Crippen LogP contribution in [0.1, 0.15) is 226 Å². The molecule has 0 spiro atoms. The molecule has 2 aliphatic rings. The number of unbranched alkanes of at least 4 members (excludes halogenated alkanes) is 27. The molecule has 2 rings (SSSR count). The number of hydrogen-bond donors (Lipinski definition) is 9. The van der Waals surface area contributed by atoms with Crippen molar-refractivity contribution < 1.29 is 64.6 Å². The fourth-order valence-corrected chi connectivity index (χ4v) is 9.47. The van der Waals surface area contributed by atoms with E-state index in [9.17, 15) is 45.6 Å². The van der Waals surface area contributed by atoms with Gasteiger partial charge in [-0.15, -0.1) is 0 Å². The molecule has 2 fully saturated rings. The van der Waals surface area contributed by atoms with Gasteiger partial charge >= 0.3 is 0 Å². The standard InChI is InChI=1S/C59H107NO13/c1-3-5-7-9-11-13-15-17-19-21-23-24-25-27-29-31-33-35-37-39-41-43-51(64)60-47(48(63)42-40-38-36-34-32-30-28-26-22-20-18-16-14-12-10-8-6-4-2)46-70-58-56(69)54(67)57(50(45-62)72-58)73-59-55(68)53(66)52(65)49(44-61)71-59/h15,17,21,23,25,27,40,42,47-50,52-59,61-63,65-69H,3-14,16,18-20,22,24,26,28-39,41,43-46H2,1-2H3,(H,60,64)/b17-15-,23-21-,27-25-,42-40+. The van der Waals surface area contributed by atoms with Crippen molar-refractivity contribution in [2.45, 2.75) is 299 Å². The second-order valence-electron chi connectivity index (χ2n) is 20.8. The molecule has 14 nitrogen and oxygen atoms in total. The van der Waals surface area contributed by atoms with E-state index in [4.69, 9.17) is 18.9 Å². The lowest BCUT2D eigenvalue weighted by Crippen LogP contribution is -2.65. The molecule has 0 radical (unpaired) electrons. The van der Waals surface area contributed by atoms with Crippen LogP contribution in [0.15, 0.2) is 48.6 Å². The van der Waals surface area contributed by atoms with Crippen LogP contribution in [-0.2, 0) is 23.7 Å². The fraction of sp³-hybridized carbons (Fsp3) is 0.847. The molecule has 0 aromatic rings. The Morgan fingerprint density at radius 2 is 0.904 bits per heavy atom. The Balaban J connectivity index is 1.80. The third-order valence-corrected chi connectivity index (χ3v) is 14.3. The lowest BCUT2D eigenvalue weighted by Gasteiger charge is -2.46. The average Bonchev–Trinajstić information content (AvgIpc) is 3.39. The summed E-state index contributed by atoms with van der Waals surface area (Å²) in [5.74, 6) is -0.252. The zero-order valence-corrected chi connectivity index (χ0v) is 45.6. The van der Waals surface area contributed by atoms with Crippen LogP contribution in [0.4, 0.5) is 0 Å². The first-order valence-corrected chi connectivity index (χ1v) is 29.4. The maximum Gasteiger partial charge on any atom is 0.220 e. The molecule has 0 bridgehead atoms. The minimum atomic E-state index is -1.79. The summed E-state index contributed by atoms with van der Waals surface area (Å²) in [4.78, 5) is 13.2. The van der Waals surface area contributed by atoms with Crippen molar-refractivity contribution >= 4 is 5.91 Å². The number of carbonyl (C=O) groups excluding carboxylic acids is 1. The van der Waals surface area contributed by atoms with Gasteiger partial charge in [0, 0.05) is 6.42 Å². The van der Waals surface area contributed by atoms with Gasteiger partial charge in [0.1, 0.15) is 48.8 Å². The molecule has 12 unspecified atom stereocenters. The summed E-state index contributed by atoms with van der Waals surface area (Å²) < 4.78 is 22.8. The van der Waals surface area contributed by atoms with Crippen molar-refractivity contribution in [3.63, 3.8) is 0 Å². The first-order chi connectivity index (χ1) is 35.6. The monoisotopic (exact) mass is 1040 g/mol. The summed E-state index contributed by atoms with van der Waals surface area (Å²) in [6.07, 6.45) is 38.5. The number of ether oxygens (including phenoxy) is 4. The van der Waals surface area contributed by atoms with E-state index in [-0.39, 0.29) is 18.9 Å². The fourth-order valence-electron chi connectivity index (χ4n) is 9.47. The highest BCUT2D eigenvalue weighted by Crippen LogP contribution is 2.30. The van der Waals surface area contributed by atoms with Gasteiger partial charge in [0.2, 0.25) is 5.91 Å². The first kappa shape index (κ1) is 67.1. The second-order valence-corrected chi connectivity index (χ2v) is 20.8. The van der Waals surface area contributed by atoms with E-state index in [0.29, 0.717) is 6.42 Å². The highest BCUT2D eigenvalue weighted by molar-refractivity contribution is 5.76. The Hall–Kier alpha value is -2.05. The zero-order valence-electron chi connectivity index (χ0n) is 45.6. The van der Waals surface area contributed by atoms with Crippen LogP contribution in [0.25, 0.3) is 0 Å². The van der Waals surface area contributed by atoms with Crippen LogP contribution in [0.3, 0.4) is 0 Å². The largest absolute Gasteiger partial charge is 0.394 e. The van der Waals surface area contributed by atoms with Crippen LogP contribution < -0.4 is 5.32 Å². The SMILES string of the molecule is CCCCCCC/C=C\C/C=C\C/C=C\CCCCCCCCC(=O)NC(COC1OC(CO)C(OC2OC(CO)C(O)C(O)C2O)C(O)C1O)C(O)/C=C/CCCCCCCCCCCCCCCCCC. The lowest BCUT2D eigenvalue weighted by molar-refractivity contribution is -0.359. The number of aliphatic hydroxyl groups excluding tert-OH is 8. The molecule has 14 heteroatoms. The maximum atomic E-state index is 13.2. The van der Waals surface area contributed by atoms with Crippen LogP contribution in [0, 0.1) is 0 Å². The molecule has 0 aromatic carbocycles. The van der Waals surface area contributed by atoms with Crippen molar-refractivity contribution in [3.8, 4) is 0 Å². The van der Waals surface area contributed by atoms with Gasteiger partial charge in [-0.1, -0.05) is 210 Å². The highest BCUT2D eigenvalue weighted by atomic mass is 16.7. The van der Waals surface area contributed by atoms with Gasteiger partial charge in [-0.2, -0.15) is 0 Å². The molecule has 426 valence electrons. The van der Waals surface area contributed by atoms with Crippen LogP contribution in [0.2, 0.25) is 0 Å². The molecule has 2 heterocycles. The summed E-state index contributed by atoms with van der Waals surface area (Å²) in [6.45, 7) is 2.78. The van der Waals surface area contributed by atoms with E-state index in [1.54, 1.807) is 6.08 Å². The smallest absolute Gasteiger partial charge is 0.220 e. The van der Waals surface area contributed by atoms with Crippen molar-refractivity contribution in [2.75, 3.05) is 19.8 Å². The van der Waals surface area contributed by atoms with E-state index in [1.807, 2.05) is 6.08 Å². The Morgan fingerprint density at radius 1 is 0.493 bits per heavy atom. The van der Waals surface area contributed by atoms with Crippen molar-refractivity contribution in [1.82, 2.24) is 5.32 Å². The highest BCUT2D eigenvalue weighted by Gasteiger charge is 2.51. The van der Waals surface area contributed by atoms with Gasteiger partial charge in [0.05, 0.1) is 32.0 Å². The van der Waals surface area contributed by atoms with Crippen LogP contribution in [0.5, 0.6) is 0 Å². The normalized spacial score (nSPS) is 25.7. The number of nitrogens with one attached hydrogen (secondary N) is 1. The molecule has 12 atom stereocenters. The number of amides is 1. The summed E-state index contributed by atoms with van der Waals surface area (Å²) >= 11 is 0. The number of rotatable bonds is 46. The molecule has 0 saturated carbocycles. The van der Waals surface area contributed by atoms with Gasteiger partial charge in [0.25, 0.3) is 0 Å². The zero-order chi connectivity index (χ0) is 53.2. The molecule has 9 N–H and O–H groups in total. The van der Waals surface area contributed by atoms with Gasteiger partial charge in [0.15, 0.2) is 12.6 Å². The van der Waals surface area contributed by atoms with E-state index < -0.39 is 86.8 Å². The van der Waals surface area contributed by atoms with Crippen molar-refractivity contribution in [2.24, 2.45) is 0 Å². The van der Waals surface area contributed by atoms with Gasteiger partial charge in [-0.05, 0) is 57.8 Å². The van der Waals surface area contributed by atoms with E-state index in [2.05, 4.69) is 55.6 Å². The molecule has 0 aromatic heterocycles.